The molecule has 0 fully saturated rings. The van der Waals surface area contributed by atoms with Crippen LogP contribution in [-0.4, -0.2) is 19.9 Å². The molecule has 0 amide bonds. The van der Waals surface area contributed by atoms with Gasteiger partial charge in [0.15, 0.2) is 0 Å². The van der Waals surface area contributed by atoms with Crippen molar-refractivity contribution in [2.75, 3.05) is 0 Å². The average molecular weight is 651 g/mol. The van der Waals surface area contributed by atoms with Gasteiger partial charge in [0, 0.05) is 21.9 Å². The molecule has 0 saturated carbocycles. The van der Waals surface area contributed by atoms with Gasteiger partial charge in [0.05, 0.1) is 45.2 Å². The highest BCUT2D eigenvalue weighted by Gasteiger charge is 2.20. The summed E-state index contributed by atoms with van der Waals surface area (Å²) >= 11 is 3.16. The summed E-state index contributed by atoms with van der Waals surface area (Å²) in [5, 5.41) is 8.58. The van der Waals surface area contributed by atoms with Crippen LogP contribution in [0.4, 0.5) is 0 Å². The van der Waals surface area contributed by atoms with E-state index in [0.717, 1.165) is 72.4 Å². The topological polar surface area (TPSA) is 51.6 Å². The monoisotopic (exact) mass is 650 g/mol. The zero-order chi connectivity index (χ0) is 31.9. The molecule has 0 spiro atoms. The van der Waals surface area contributed by atoms with E-state index in [9.17, 15) is 0 Å². The van der Waals surface area contributed by atoms with E-state index >= 15 is 0 Å². The summed E-state index contributed by atoms with van der Waals surface area (Å²) in [7, 11) is 0. The minimum absolute atomic E-state index is 0.860. The van der Waals surface area contributed by atoms with Crippen molar-refractivity contribution in [2.45, 2.75) is 0 Å². The second-order valence-electron chi connectivity index (χ2n) is 11.5. The molecular formula is C42H26N4S2. The third kappa shape index (κ3) is 4.99. The predicted octanol–water partition coefficient (Wildman–Crippen LogP) is 11.7. The first kappa shape index (κ1) is 28.4. The second-order valence-corrected chi connectivity index (χ2v) is 13.0. The molecule has 0 aliphatic carbocycles. The van der Waals surface area contributed by atoms with Gasteiger partial charge in [0.1, 0.15) is 0 Å². The van der Waals surface area contributed by atoms with Crippen LogP contribution in [0.2, 0.25) is 0 Å². The zero-order valence-electron chi connectivity index (χ0n) is 25.6. The summed E-state index contributed by atoms with van der Waals surface area (Å²) in [6, 6.07) is 47.2. The fourth-order valence-electron chi connectivity index (χ4n) is 6.61. The smallest absolute Gasteiger partial charge is 0.0995 e. The first-order valence-corrected chi connectivity index (χ1v) is 17.6. The van der Waals surface area contributed by atoms with Crippen LogP contribution < -0.4 is 0 Å². The highest BCUT2D eigenvalue weighted by Crippen LogP contribution is 2.45. The minimum Gasteiger partial charge on any atom is -0.246 e. The van der Waals surface area contributed by atoms with E-state index in [-0.39, 0.29) is 0 Å². The number of nitrogens with zero attached hydrogens (tertiary/aromatic N) is 4. The SMILES string of the molecule is c1ccc(-c2ccccc2-c2ccc3c(-c4cccc(-c5cscn5)n4)c4ccccc4c(-c4cccc(-c5cscn5)n4)c3c2)cc1. The number of benzene rings is 5. The standard InChI is InChI=1S/C42H26N4S2/c1-2-10-27(11-3-1)29-12-4-5-13-30(29)28-20-21-33-34(22-28)42(38-19-9-17-36(46-38)40-24-48-26-44-40)32-15-7-6-14-31(32)41(33)37-18-8-16-35(45-37)39-23-47-25-43-39/h1-26H. The van der Waals surface area contributed by atoms with E-state index in [1.54, 1.807) is 22.7 Å². The number of pyridine rings is 2. The first-order valence-electron chi connectivity index (χ1n) is 15.7. The van der Waals surface area contributed by atoms with E-state index in [1.807, 2.05) is 33.9 Å². The lowest BCUT2D eigenvalue weighted by molar-refractivity contribution is 1.28. The van der Waals surface area contributed by atoms with Crippen molar-refractivity contribution in [3.8, 4) is 67.5 Å². The van der Waals surface area contributed by atoms with Crippen LogP contribution in [-0.2, 0) is 0 Å². The number of hydrogen-bond acceptors (Lipinski definition) is 6. The number of rotatable bonds is 6. The van der Waals surface area contributed by atoms with Crippen LogP contribution in [0.15, 0.2) is 155 Å². The summed E-state index contributed by atoms with van der Waals surface area (Å²) in [4.78, 5) is 19.5. The Morgan fingerprint density at radius 3 is 1.44 bits per heavy atom. The Balaban J connectivity index is 1.36. The van der Waals surface area contributed by atoms with Crippen molar-refractivity contribution in [3.63, 3.8) is 0 Å². The molecule has 9 rings (SSSR count). The lowest BCUT2D eigenvalue weighted by Crippen LogP contribution is -1.96. The van der Waals surface area contributed by atoms with E-state index in [1.165, 1.54) is 16.7 Å². The molecular weight excluding hydrogens is 625 g/mol. The Kier molecular flexibility index (Phi) is 7.15. The molecule has 0 N–H and O–H groups in total. The fraction of sp³-hybridized carbons (Fsp3) is 0. The van der Waals surface area contributed by atoms with Crippen LogP contribution >= 0.6 is 22.7 Å². The lowest BCUT2D eigenvalue weighted by Gasteiger charge is -2.19. The van der Waals surface area contributed by atoms with Crippen LogP contribution in [0.25, 0.3) is 89.1 Å². The van der Waals surface area contributed by atoms with E-state index in [0.29, 0.717) is 0 Å². The maximum Gasteiger partial charge on any atom is 0.0995 e. The van der Waals surface area contributed by atoms with Crippen molar-refractivity contribution in [1.29, 1.82) is 0 Å². The molecule has 6 heteroatoms. The van der Waals surface area contributed by atoms with Crippen LogP contribution in [0.1, 0.15) is 0 Å². The highest BCUT2D eigenvalue weighted by atomic mass is 32.1. The molecule has 4 nitrogen and oxygen atoms in total. The van der Waals surface area contributed by atoms with Crippen molar-refractivity contribution >= 4 is 44.2 Å². The normalized spacial score (nSPS) is 11.3. The summed E-state index contributed by atoms with van der Waals surface area (Å²) < 4.78 is 0. The Hall–Kier alpha value is -5.82. The summed E-state index contributed by atoms with van der Waals surface area (Å²) in [6.45, 7) is 0. The molecule has 0 aliphatic rings. The fourth-order valence-corrected chi connectivity index (χ4v) is 7.70. The maximum absolute atomic E-state index is 5.22. The van der Waals surface area contributed by atoms with Gasteiger partial charge in [-0.25, -0.2) is 19.9 Å². The van der Waals surface area contributed by atoms with Gasteiger partial charge in [-0.2, -0.15) is 0 Å². The van der Waals surface area contributed by atoms with E-state index < -0.39 is 0 Å². The Morgan fingerprint density at radius 1 is 0.354 bits per heavy atom. The van der Waals surface area contributed by atoms with Gasteiger partial charge >= 0.3 is 0 Å². The number of hydrogen-bond donors (Lipinski definition) is 0. The van der Waals surface area contributed by atoms with Crippen LogP contribution in [0.5, 0.6) is 0 Å². The summed E-state index contributed by atoms with van der Waals surface area (Å²) in [5.41, 5.74) is 15.9. The van der Waals surface area contributed by atoms with E-state index in [4.69, 9.17) is 9.97 Å². The number of thiazole rings is 2. The van der Waals surface area contributed by atoms with Crippen molar-refractivity contribution in [2.24, 2.45) is 0 Å². The van der Waals surface area contributed by atoms with Gasteiger partial charge < -0.3 is 0 Å². The third-order valence-electron chi connectivity index (χ3n) is 8.75. The van der Waals surface area contributed by atoms with Crippen molar-refractivity contribution in [3.05, 3.63) is 155 Å². The van der Waals surface area contributed by atoms with Gasteiger partial charge in [-0.05, 0) is 74.1 Å². The average Bonchev–Trinajstić information content (AvgIpc) is 3.90. The van der Waals surface area contributed by atoms with Gasteiger partial charge in [-0.15, -0.1) is 22.7 Å². The van der Waals surface area contributed by atoms with Crippen molar-refractivity contribution in [1.82, 2.24) is 19.9 Å². The molecule has 0 atom stereocenters. The molecule has 0 bridgehead atoms. The Labute approximate surface area is 285 Å². The Morgan fingerprint density at radius 2 is 0.854 bits per heavy atom. The lowest BCUT2D eigenvalue weighted by atomic mass is 9.86. The largest absolute Gasteiger partial charge is 0.246 e. The van der Waals surface area contributed by atoms with Gasteiger partial charge in [0.2, 0.25) is 0 Å². The molecule has 0 saturated heterocycles. The maximum atomic E-state index is 5.22. The van der Waals surface area contributed by atoms with Crippen molar-refractivity contribution < 1.29 is 0 Å². The quantitative estimate of drug-likeness (QED) is 0.168. The van der Waals surface area contributed by atoms with Gasteiger partial charge in [-0.3, -0.25) is 0 Å². The molecule has 0 aliphatic heterocycles. The summed E-state index contributed by atoms with van der Waals surface area (Å²) in [5.74, 6) is 0. The van der Waals surface area contributed by atoms with Crippen LogP contribution in [0, 0.1) is 0 Å². The molecule has 48 heavy (non-hydrogen) atoms. The van der Waals surface area contributed by atoms with E-state index in [2.05, 4.69) is 131 Å². The summed E-state index contributed by atoms with van der Waals surface area (Å²) in [6.07, 6.45) is 0. The van der Waals surface area contributed by atoms with Gasteiger partial charge in [0.25, 0.3) is 0 Å². The molecule has 0 radical (unpaired) electrons. The predicted molar refractivity (Wildman–Crippen MR) is 201 cm³/mol. The van der Waals surface area contributed by atoms with Crippen LogP contribution in [0.3, 0.4) is 0 Å². The molecule has 0 unspecified atom stereocenters. The Bertz CT molecular complexity index is 2560. The third-order valence-corrected chi connectivity index (χ3v) is 9.92. The molecule has 9 aromatic rings. The molecule has 5 aromatic carbocycles. The number of fused-ring (bicyclic) bond motifs is 2. The number of aromatic nitrogens is 4. The first-order chi connectivity index (χ1) is 23.8. The second kappa shape index (κ2) is 12.1. The zero-order valence-corrected chi connectivity index (χ0v) is 27.2. The molecule has 4 heterocycles. The highest BCUT2D eigenvalue weighted by molar-refractivity contribution is 7.08. The molecule has 226 valence electrons. The minimum atomic E-state index is 0.860. The molecule has 4 aromatic heterocycles. The van der Waals surface area contributed by atoms with Gasteiger partial charge in [-0.1, -0.05) is 103 Å².